The first kappa shape index (κ1) is 20.6. The average Bonchev–Trinajstić information content (AvgIpc) is 2.70. The Kier molecular flexibility index (Phi) is 6.33. The zero-order valence-corrected chi connectivity index (χ0v) is 16.0. The molecule has 0 aromatic heterocycles. The number of ketones is 1. The molecule has 2 amide bonds. The van der Waals surface area contributed by atoms with Crippen molar-refractivity contribution in [3.63, 3.8) is 0 Å². The van der Waals surface area contributed by atoms with Crippen LogP contribution in [0, 0.1) is 11.6 Å². The molecule has 1 aliphatic heterocycles. The Morgan fingerprint density at radius 1 is 0.931 bits per heavy atom. The molecule has 152 valence electrons. The molecule has 0 saturated carbocycles. The lowest BCUT2D eigenvalue weighted by Gasteiger charge is -2.34. The molecular weight excluding hydrogens is 380 g/mol. The molecular formula is C21H21F2N3O3. The zero-order valence-electron chi connectivity index (χ0n) is 16.0. The van der Waals surface area contributed by atoms with Crippen LogP contribution >= 0.6 is 0 Å². The van der Waals surface area contributed by atoms with Crippen molar-refractivity contribution < 1.29 is 23.2 Å². The fourth-order valence-electron chi connectivity index (χ4n) is 3.14. The van der Waals surface area contributed by atoms with Gasteiger partial charge in [0.15, 0.2) is 17.4 Å². The average molecular weight is 401 g/mol. The van der Waals surface area contributed by atoms with Gasteiger partial charge in [-0.25, -0.2) is 8.78 Å². The Labute approximate surface area is 167 Å². The second kappa shape index (κ2) is 8.91. The smallest absolute Gasteiger partial charge is 0.254 e. The molecule has 29 heavy (non-hydrogen) atoms. The molecule has 8 heteroatoms. The number of hydrogen-bond donors (Lipinski definition) is 1. The lowest BCUT2D eigenvalue weighted by molar-refractivity contribution is -0.117. The zero-order chi connectivity index (χ0) is 21.0. The number of nitrogens with zero attached hydrogens (tertiary/aromatic N) is 2. The van der Waals surface area contributed by atoms with Crippen molar-refractivity contribution in [3.05, 3.63) is 65.2 Å². The van der Waals surface area contributed by atoms with Crippen molar-refractivity contribution >= 4 is 23.3 Å². The summed E-state index contributed by atoms with van der Waals surface area (Å²) < 4.78 is 26.4. The number of Topliss-reactive ketones (excluding diaryl/α,β-unsaturated/α-hetero) is 1. The molecule has 1 heterocycles. The minimum atomic E-state index is -1.06. The lowest BCUT2D eigenvalue weighted by atomic mass is 10.1. The number of hydrogen-bond acceptors (Lipinski definition) is 4. The van der Waals surface area contributed by atoms with E-state index in [4.69, 9.17) is 0 Å². The van der Waals surface area contributed by atoms with Crippen LogP contribution in [0.2, 0.25) is 0 Å². The van der Waals surface area contributed by atoms with Crippen LogP contribution in [0.4, 0.5) is 14.5 Å². The summed E-state index contributed by atoms with van der Waals surface area (Å²) in [4.78, 5) is 39.6. The quantitative estimate of drug-likeness (QED) is 0.782. The summed E-state index contributed by atoms with van der Waals surface area (Å²) in [5, 5.41) is 2.77. The third-order valence-electron chi connectivity index (χ3n) is 4.75. The highest BCUT2D eigenvalue weighted by molar-refractivity contribution is 5.97. The standard InChI is InChI=1S/C21H21F2N3O3/c1-14(27)15-3-2-4-17(11-15)24-20(28)13-25-7-9-26(10-8-25)21(29)16-5-6-18(22)19(23)12-16/h2-6,11-12H,7-10,13H2,1H3,(H,24,28). The van der Waals surface area contributed by atoms with E-state index in [9.17, 15) is 23.2 Å². The van der Waals surface area contributed by atoms with Crippen LogP contribution in [-0.2, 0) is 4.79 Å². The van der Waals surface area contributed by atoms with Crippen LogP contribution < -0.4 is 5.32 Å². The van der Waals surface area contributed by atoms with E-state index in [1.807, 2.05) is 4.90 Å². The number of amides is 2. The third-order valence-corrected chi connectivity index (χ3v) is 4.75. The monoisotopic (exact) mass is 401 g/mol. The van der Waals surface area contributed by atoms with Gasteiger partial charge in [0.25, 0.3) is 5.91 Å². The van der Waals surface area contributed by atoms with Crippen LogP contribution in [-0.4, -0.2) is 60.1 Å². The van der Waals surface area contributed by atoms with Crippen molar-refractivity contribution in [2.75, 3.05) is 38.0 Å². The molecule has 1 saturated heterocycles. The second-order valence-electron chi connectivity index (χ2n) is 6.88. The van der Waals surface area contributed by atoms with E-state index < -0.39 is 11.6 Å². The Hall–Kier alpha value is -3.13. The summed E-state index contributed by atoms with van der Waals surface area (Å²) in [6.45, 7) is 3.34. The van der Waals surface area contributed by atoms with Crippen molar-refractivity contribution in [3.8, 4) is 0 Å². The first-order valence-electron chi connectivity index (χ1n) is 9.21. The number of halogens is 2. The van der Waals surface area contributed by atoms with E-state index in [0.717, 1.165) is 12.1 Å². The number of carbonyl (C=O) groups excluding carboxylic acids is 3. The number of nitrogens with one attached hydrogen (secondary N) is 1. The summed E-state index contributed by atoms with van der Waals surface area (Å²) in [5.41, 5.74) is 1.17. The Morgan fingerprint density at radius 2 is 1.66 bits per heavy atom. The first-order chi connectivity index (χ1) is 13.8. The minimum absolute atomic E-state index is 0.0806. The van der Waals surface area contributed by atoms with E-state index in [0.29, 0.717) is 37.4 Å². The fourth-order valence-corrected chi connectivity index (χ4v) is 3.14. The van der Waals surface area contributed by atoms with Gasteiger partial charge in [-0.05, 0) is 37.3 Å². The molecule has 1 aliphatic rings. The van der Waals surface area contributed by atoms with Gasteiger partial charge in [-0.15, -0.1) is 0 Å². The van der Waals surface area contributed by atoms with E-state index >= 15 is 0 Å². The topological polar surface area (TPSA) is 69.7 Å². The molecule has 2 aromatic carbocycles. The molecule has 3 rings (SSSR count). The van der Waals surface area contributed by atoms with E-state index in [1.54, 1.807) is 29.2 Å². The molecule has 0 radical (unpaired) electrons. The maximum atomic E-state index is 13.3. The van der Waals surface area contributed by atoms with Crippen LogP contribution in [0.3, 0.4) is 0 Å². The highest BCUT2D eigenvalue weighted by atomic mass is 19.2. The van der Waals surface area contributed by atoms with Crippen molar-refractivity contribution in [1.82, 2.24) is 9.80 Å². The molecule has 2 aromatic rings. The normalized spacial score (nSPS) is 14.5. The van der Waals surface area contributed by atoms with Crippen LogP contribution in [0.15, 0.2) is 42.5 Å². The fraction of sp³-hybridized carbons (Fsp3) is 0.286. The Morgan fingerprint density at radius 3 is 2.31 bits per heavy atom. The summed E-state index contributed by atoms with van der Waals surface area (Å²) in [6.07, 6.45) is 0. The number of benzene rings is 2. The number of carbonyl (C=O) groups is 3. The molecule has 6 nitrogen and oxygen atoms in total. The molecule has 0 bridgehead atoms. The molecule has 0 aliphatic carbocycles. The van der Waals surface area contributed by atoms with Crippen LogP contribution in [0.25, 0.3) is 0 Å². The van der Waals surface area contributed by atoms with Crippen molar-refractivity contribution in [1.29, 1.82) is 0 Å². The highest BCUT2D eigenvalue weighted by Crippen LogP contribution is 2.14. The maximum absolute atomic E-state index is 13.3. The van der Waals surface area contributed by atoms with Gasteiger partial charge in [0, 0.05) is 43.0 Å². The van der Waals surface area contributed by atoms with Gasteiger partial charge in [-0.3, -0.25) is 19.3 Å². The highest BCUT2D eigenvalue weighted by Gasteiger charge is 2.24. The SMILES string of the molecule is CC(=O)c1cccc(NC(=O)CN2CCN(C(=O)c3ccc(F)c(F)c3)CC2)c1. The van der Waals surface area contributed by atoms with Gasteiger partial charge in [0.1, 0.15) is 0 Å². The molecule has 0 spiro atoms. The summed E-state index contributed by atoms with van der Waals surface area (Å²) in [5.74, 6) is -2.71. The van der Waals surface area contributed by atoms with Gasteiger partial charge in [0.05, 0.1) is 6.54 Å². The molecule has 1 N–H and O–H groups in total. The summed E-state index contributed by atoms with van der Waals surface area (Å²) in [6, 6.07) is 9.81. The molecule has 0 unspecified atom stereocenters. The van der Waals surface area contributed by atoms with Crippen LogP contribution in [0.1, 0.15) is 27.6 Å². The van der Waals surface area contributed by atoms with E-state index in [1.165, 1.54) is 13.0 Å². The first-order valence-corrected chi connectivity index (χ1v) is 9.21. The van der Waals surface area contributed by atoms with E-state index in [2.05, 4.69) is 5.32 Å². The number of piperazine rings is 1. The Bertz CT molecular complexity index is 941. The summed E-state index contributed by atoms with van der Waals surface area (Å²) in [7, 11) is 0. The van der Waals surface area contributed by atoms with Gasteiger partial charge >= 0.3 is 0 Å². The Balaban J connectivity index is 1.51. The molecule has 0 atom stereocenters. The van der Waals surface area contributed by atoms with Crippen molar-refractivity contribution in [2.45, 2.75) is 6.92 Å². The predicted octanol–water partition coefficient (Wildman–Crippen LogP) is 2.56. The van der Waals surface area contributed by atoms with Gasteiger partial charge in [-0.2, -0.15) is 0 Å². The van der Waals surface area contributed by atoms with E-state index in [-0.39, 0.29) is 29.7 Å². The van der Waals surface area contributed by atoms with Gasteiger partial charge in [-0.1, -0.05) is 12.1 Å². The minimum Gasteiger partial charge on any atom is -0.336 e. The number of rotatable bonds is 5. The maximum Gasteiger partial charge on any atom is 0.254 e. The molecule has 1 fully saturated rings. The lowest BCUT2D eigenvalue weighted by Crippen LogP contribution is -2.50. The van der Waals surface area contributed by atoms with Gasteiger partial charge in [0.2, 0.25) is 5.91 Å². The van der Waals surface area contributed by atoms with Crippen LogP contribution in [0.5, 0.6) is 0 Å². The largest absolute Gasteiger partial charge is 0.336 e. The number of anilines is 1. The second-order valence-corrected chi connectivity index (χ2v) is 6.88. The summed E-state index contributed by atoms with van der Waals surface area (Å²) >= 11 is 0. The van der Waals surface area contributed by atoms with Gasteiger partial charge < -0.3 is 10.2 Å². The van der Waals surface area contributed by atoms with Crippen molar-refractivity contribution in [2.24, 2.45) is 0 Å². The predicted molar refractivity (Wildman–Crippen MR) is 104 cm³/mol. The third kappa shape index (κ3) is 5.23.